The van der Waals surface area contributed by atoms with Gasteiger partial charge in [0.2, 0.25) is 0 Å². The molecule has 0 aliphatic carbocycles. The number of rotatable bonds is 5. The smallest absolute Gasteiger partial charge is 0.146 e. The van der Waals surface area contributed by atoms with Gasteiger partial charge in [0.15, 0.2) is 0 Å². The van der Waals surface area contributed by atoms with Crippen molar-refractivity contribution in [3.8, 4) is 0 Å². The summed E-state index contributed by atoms with van der Waals surface area (Å²) in [6.45, 7) is 4.49. The van der Waals surface area contributed by atoms with Crippen LogP contribution in [0.15, 0.2) is 18.5 Å². The Bertz CT molecular complexity index is 353. The summed E-state index contributed by atoms with van der Waals surface area (Å²) in [5, 5.41) is 3.42. The Hall–Kier alpha value is -1.00. The van der Waals surface area contributed by atoms with Gasteiger partial charge in [-0.25, -0.2) is 4.39 Å². The molecule has 0 amide bonds. The Kier molecular flexibility index (Phi) is 4.45. The Morgan fingerprint density at radius 1 is 1.65 bits per heavy atom. The van der Waals surface area contributed by atoms with E-state index < -0.39 is 0 Å². The molecule has 1 aromatic heterocycles. The van der Waals surface area contributed by atoms with E-state index in [1.54, 1.807) is 12.3 Å². The standard InChI is InChI=1S/C13H19FN2O/c1-2-5-16-13(10-4-7-17-9-10)11-3-6-15-8-12(11)14/h3,6,8,10,13,16H,2,4-5,7,9H2,1H3. The van der Waals surface area contributed by atoms with Crippen molar-refractivity contribution in [1.29, 1.82) is 0 Å². The third kappa shape index (κ3) is 3.01. The van der Waals surface area contributed by atoms with Gasteiger partial charge in [0.1, 0.15) is 5.82 Å². The third-order valence-electron chi connectivity index (χ3n) is 3.19. The minimum absolute atomic E-state index is 0.0421. The van der Waals surface area contributed by atoms with Gasteiger partial charge in [-0.2, -0.15) is 0 Å². The number of pyridine rings is 1. The molecule has 1 aromatic rings. The van der Waals surface area contributed by atoms with Gasteiger partial charge >= 0.3 is 0 Å². The summed E-state index contributed by atoms with van der Waals surface area (Å²) in [6, 6.07) is 1.81. The van der Waals surface area contributed by atoms with Crippen molar-refractivity contribution in [3.63, 3.8) is 0 Å². The second-order valence-corrected chi connectivity index (χ2v) is 4.45. The molecule has 1 aliphatic rings. The molecule has 2 atom stereocenters. The van der Waals surface area contributed by atoms with Crippen LogP contribution in [0.5, 0.6) is 0 Å². The first-order valence-corrected chi connectivity index (χ1v) is 6.23. The maximum absolute atomic E-state index is 13.8. The highest BCUT2D eigenvalue weighted by molar-refractivity contribution is 5.18. The molecule has 1 saturated heterocycles. The highest BCUT2D eigenvalue weighted by Crippen LogP contribution is 2.29. The molecule has 17 heavy (non-hydrogen) atoms. The molecule has 94 valence electrons. The summed E-state index contributed by atoms with van der Waals surface area (Å²) < 4.78 is 19.2. The van der Waals surface area contributed by atoms with Gasteiger partial charge < -0.3 is 10.1 Å². The van der Waals surface area contributed by atoms with Crippen molar-refractivity contribution >= 4 is 0 Å². The lowest BCUT2D eigenvalue weighted by Gasteiger charge is -2.24. The molecule has 0 aromatic carbocycles. The van der Waals surface area contributed by atoms with Crippen LogP contribution in [-0.4, -0.2) is 24.7 Å². The number of aromatic nitrogens is 1. The second kappa shape index (κ2) is 6.07. The van der Waals surface area contributed by atoms with Gasteiger partial charge in [0.25, 0.3) is 0 Å². The summed E-state index contributed by atoms with van der Waals surface area (Å²) in [5.74, 6) is 0.131. The van der Waals surface area contributed by atoms with Gasteiger partial charge in [0.05, 0.1) is 12.8 Å². The zero-order valence-electron chi connectivity index (χ0n) is 10.2. The van der Waals surface area contributed by atoms with E-state index in [1.165, 1.54) is 6.20 Å². The topological polar surface area (TPSA) is 34.2 Å². The van der Waals surface area contributed by atoms with Gasteiger partial charge in [-0.15, -0.1) is 0 Å². The third-order valence-corrected chi connectivity index (χ3v) is 3.19. The first-order valence-electron chi connectivity index (χ1n) is 6.23. The van der Waals surface area contributed by atoms with E-state index in [0.29, 0.717) is 18.1 Å². The zero-order chi connectivity index (χ0) is 12.1. The first kappa shape index (κ1) is 12.5. The molecule has 0 bridgehead atoms. The number of hydrogen-bond donors (Lipinski definition) is 1. The lowest BCUT2D eigenvalue weighted by molar-refractivity contribution is 0.176. The quantitative estimate of drug-likeness (QED) is 0.854. The van der Waals surface area contributed by atoms with Crippen molar-refractivity contribution in [3.05, 3.63) is 29.8 Å². The maximum Gasteiger partial charge on any atom is 0.146 e. The van der Waals surface area contributed by atoms with Crippen molar-refractivity contribution in [2.45, 2.75) is 25.8 Å². The van der Waals surface area contributed by atoms with Crippen molar-refractivity contribution in [2.24, 2.45) is 5.92 Å². The lowest BCUT2D eigenvalue weighted by atomic mass is 9.92. The summed E-state index contributed by atoms with van der Waals surface area (Å²) >= 11 is 0. The Labute approximate surface area is 101 Å². The van der Waals surface area contributed by atoms with E-state index in [4.69, 9.17) is 4.74 Å². The normalized spacial score (nSPS) is 21.6. The molecule has 4 heteroatoms. The Morgan fingerprint density at radius 2 is 2.53 bits per heavy atom. The minimum atomic E-state index is -0.229. The minimum Gasteiger partial charge on any atom is -0.381 e. The first-order chi connectivity index (χ1) is 8.33. The van der Waals surface area contributed by atoms with Gasteiger partial charge in [-0.1, -0.05) is 6.92 Å². The van der Waals surface area contributed by atoms with E-state index in [9.17, 15) is 4.39 Å². The number of halogens is 1. The number of hydrogen-bond acceptors (Lipinski definition) is 3. The Balaban J connectivity index is 2.16. The van der Waals surface area contributed by atoms with Crippen molar-refractivity contribution in [1.82, 2.24) is 10.3 Å². The summed E-state index contributed by atoms with van der Waals surface area (Å²) in [6.07, 6.45) is 4.96. The van der Waals surface area contributed by atoms with Gasteiger partial charge in [-0.3, -0.25) is 4.98 Å². The molecule has 2 heterocycles. The molecule has 1 N–H and O–H groups in total. The molecule has 3 nitrogen and oxygen atoms in total. The van der Waals surface area contributed by atoms with Crippen molar-refractivity contribution < 1.29 is 9.13 Å². The van der Waals surface area contributed by atoms with Crippen LogP contribution in [-0.2, 0) is 4.74 Å². The summed E-state index contributed by atoms with van der Waals surface area (Å²) in [7, 11) is 0. The second-order valence-electron chi connectivity index (χ2n) is 4.45. The van der Waals surface area contributed by atoms with Crippen LogP contribution in [0.3, 0.4) is 0 Å². The fourth-order valence-electron chi connectivity index (χ4n) is 2.28. The van der Waals surface area contributed by atoms with Crippen LogP contribution in [0.2, 0.25) is 0 Å². The van der Waals surface area contributed by atoms with Crippen LogP contribution in [0, 0.1) is 11.7 Å². The van der Waals surface area contributed by atoms with E-state index in [1.807, 2.05) is 0 Å². The molecule has 2 rings (SSSR count). The van der Waals surface area contributed by atoms with Crippen LogP contribution in [0.25, 0.3) is 0 Å². The molecule has 1 aliphatic heterocycles. The van der Waals surface area contributed by atoms with Crippen LogP contribution < -0.4 is 5.32 Å². The highest BCUT2D eigenvalue weighted by Gasteiger charge is 2.28. The van der Waals surface area contributed by atoms with Crippen LogP contribution >= 0.6 is 0 Å². The van der Waals surface area contributed by atoms with E-state index in [-0.39, 0.29) is 11.9 Å². The zero-order valence-corrected chi connectivity index (χ0v) is 10.2. The monoisotopic (exact) mass is 238 g/mol. The largest absolute Gasteiger partial charge is 0.381 e. The predicted octanol–water partition coefficient (Wildman–Crippen LogP) is 2.30. The fraction of sp³-hybridized carbons (Fsp3) is 0.615. The lowest BCUT2D eigenvalue weighted by Crippen LogP contribution is -2.30. The number of ether oxygens (including phenoxy) is 1. The van der Waals surface area contributed by atoms with Gasteiger partial charge in [-0.05, 0) is 25.5 Å². The summed E-state index contributed by atoms with van der Waals surface area (Å²) in [5.41, 5.74) is 0.712. The maximum atomic E-state index is 13.8. The van der Waals surface area contributed by atoms with E-state index in [2.05, 4.69) is 17.2 Å². The molecule has 0 saturated carbocycles. The van der Waals surface area contributed by atoms with Crippen LogP contribution in [0.1, 0.15) is 31.4 Å². The molecule has 2 unspecified atom stereocenters. The molecule has 0 spiro atoms. The van der Waals surface area contributed by atoms with E-state index >= 15 is 0 Å². The molecule has 0 radical (unpaired) electrons. The van der Waals surface area contributed by atoms with Gasteiger partial charge in [0, 0.05) is 30.3 Å². The van der Waals surface area contributed by atoms with Crippen molar-refractivity contribution in [2.75, 3.05) is 19.8 Å². The fourth-order valence-corrected chi connectivity index (χ4v) is 2.28. The number of nitrogens with zero attached hydrogens (tertiary/aromatic N) is 1. The Morgan fingerprint density at radius 3 is 3.18 bits per heavy atom. The highest BCUT2D eigenvalue weighted by atomic mass is 19.1. The van der Waals surface area contributed by atoms with E-state index in [0.717, 1.165) is 26.0 Å². The predicted molar refractivity (Wildman–Crippen MR) is 64.2 cm³/mol. The molecular weight excluding hydrogens is 219 g/mol. The summed E-state index contributed by atoms with van der Waals surface area (Å²) in [4.78, 5) is 3.80. The molecular formula is C13H19FN2O. The van der Waals surface area contributed by atoms with Crippen LogP contribution in [0.4, 0.5) is 4.39 Å². The SMILES string of the molecule is CCCNC(c1ccncc1F)C1CCOC1. The average Bonchev–Trinajstić information content (AvgIpc) is 2.85. The molecule has 1 fully saturated rings. The number of nitrogens with one attached hydrogen (secondary N) is 1. The average molecular weight is 238 g/mol.